The zero-order chi connectivity index (χ0) is 13.2. The van der Waals surface area contributed by atoms with Crippen LogP contribution < -0.4 is 0 Å². The SMILES string of the molecule is CCC1(CC)CCN(Cc2occc2C(=O)O)C1. The van der Waals surface area contributed by atoms with Gasteiger partial charge in [0.15, 0.2) is 0 Å². The second-order valence-corrected chi connectivity index (χ2v) is 5.23. The summed E-state index contributed by atoms with van der Waals surface area (Å²) < 4.78 is 5.30. The Morgan fingerprint density at radius 2 is 2.22 bits per heavy atom. The summed E-state index contributed by atoms with van der Waals surface area (Å²) in [5, 5.41) is 9.04. The van der Waals surface area contributed by atoms with Crippen LogP contribution in [0.1, 0.15) is 49.2 Å². The molecule has 0 aromatic carbocycles. The van der Waals surface area contributed by atoms with E-state index in [1.54, 1.807) is 0 Å². The summed E-state index contributed by atoms with van der Waals surface area (Å²) in [6.45, 7) is 7.16. The molecule has 1 aromatic heterocycles. The number of rotatable bonds is 5. The molecule has 0 radical (unpaired) electrons. The molecule has 100 valence electrons. The Kier molecular flexibility index (Phi) is 3.76. The van der Waals surface area contributed by atoms with Gasteiger partial charge in [-0.15, -0.1) is 0 Å². The van der Waals surface area contributed by atoms with Crippen LogP contribution in [-0.4, -0.2) is 29.1 Å². The summed E-state index contributed by atoms with van der Waals surface area (Å²) in [5.41, 5.74) is 0.705. The summed E-state index contributed by atoms with van der Waals surface area (Å²) in [7, 11) is 0. The van der Waals surface area contributed by atoms with Crippen LogP contribution >= 0.6 is 0 Å². The van der Waals surface area contributed by atoms with Crippen LogP contribution in [0.3, 0.4) is 0 Å². The number of carboxylic acids is 1. The topological polar surface area (TPSA) is 53.7 Å². The highest BCUT2D eigenvalue weighted by Crippen LogP contribution is 2.37. The fourth-order valence-electron chi connectivity index (χ4n) is 2.85. The molecule has 2 rings (SSSR count). The Balaban J connectivity index is 2.03. The van der Waals surface area contributed by atoms with Crippen LogP contribution in [-0.2, 0) is 6.54 Å². The Morgan fingerprint density at radius 3 is 2.78 bits per heavy atom. The molecule has 18 heavy (non-hydrogen) atoms. The lowest BCUT2D eigenvalue weighted by atomic mass is 9.82. The van der Waals surface area contributed by atoms with E-state index in [2.05, 4.69) is 18.7 Å². The van der Waals surface area contributed by atoms with Crippen molar-refractivity contribution in [2.45, 2.75) is 39.7 Å². The van der Waals surface area contributed by atoms with E-state index in [9.17, 15) is 4.79 Å². The highest BCUT2D eigenvalue weighted by molar-refractivity contribution is 5.88. The van der Waals surface area contributed by atoms with E-state index in [0.29, 0.717) is 23.3 Å². The van der Waals surface area contributed by atoms with Gasteiger partial charge in [0.05, 0.1) is 12.8 Å². The molecule has 1 aromatic rings. The van der Waals surface area contributed by atoms with Crippen LogP contribution in [0.25, 0.3) is 0 Å². The second kappa shape index (κ2) is 5.14. The molecular weight excluding hydrogens is 230 g/mol. The molecule has 4 heteroatoms. The lowest BCUT2D eigenvalue weighted by molar-refractivity contribution is 0.0692. The summed E-state index contributed by atoms with van der Waals surface area (Å²) >= 11 is 0. The third-order valence-corrected chi connectivity index (χ3v) is 4.36. The molecule has 1 aliphatic heterocycles. The largest absolute Gasteiger partial charge is 0.478 e. The minimum Gasteiger partial charge on any atom is -0.478 e. The first-order chi connectivity index (χ1) is 8.60. The fourth-order valence-corrected chi connectivity index (χ4v) is 2.85. The van der Waals surface area contributed by atoms with Crippen molar-refractivity contribution in [2.75, 3.05) is 13.1 Å². The average Bonchev–Trinajstić information content (AvgIpc) is 2.97. The van der Waals surface area contributed by atoms with Crippen molar-refractivity contribution in [3.8, 4) is 0 Å². The summed E-state index contributed by atoms with van der Waals surface area (Å²) in [4.78, 5) is 13.3. The second-order valence-electron chi connectivity index (χ2n) is 5.23. The number of nitrogens with zero attached hydrogens (tertiary/aromatic N) is 1. The van der Waals surface area contributed by atoms with Gasteiger partial charge in [0.25, 0.3) is 0 Å². The predicted molar refractivity (Wildman–Crippen MR) is 68.6 cm³/mol. The van der Waals surface area contributed by atoms with Crippen molar-refractivity contribution < 1.29 is 14.3 Å². The monoisotopic (exact) mass is 251 g/mol. The summed E-state index contributed by atoms with van der Waals surface area (Å²) in [6, 6.07) is 1.53. The molecule has 1 N–H and O–H groups in total. The van der Waals surface area contributed by atoms with Crippen LogP contribution in [0.4, 0.5) is 0 Å². The number of carbonyl (C=O) groups is 1. The molecule has 0 saturated carbocycles. The number of aromatic carboxylic acids is 1. The molecule has 0 spiro atoms. The fraction of sp³-hybridized carbons (Fsp3) is 0.643. The van der Waals surface area contributed by atoms with Gasteiger partial charge in [-0.05, 0) is 37.3 Å². The zero-order valence-electron chi connectivity index (χ0n) is 11.1. The zero-order valence-corrected chi connectivity index (χ0v) is 11.1. The Bertz CT molecular complexity index is 420. The van der Waals surface area contributed by atoms with Crippen molar-refractivity contribution >= 4 is 5.97 Å². The lowest BCUT2D eigenvalue weighted by Gasteiger charge is -2.26. The van der Waals surface area contributed by atoms with Gasteiger partial charge >= 0.3 is 5.97 Å². The molecule has 1 aliphatic rings. The van der Waals surface area contributed by atoms with Crippen molar-refractivity contribution in [3.05, 3.63) is 23.7 Å². The normalized spacial score (nSPS) is 19.2. The third-order valence-electron chi connectivity index (χ3n) is 4.36. The number of likely N-dealkylation sites (tertiary alicyclic amines) is 1. The lowest BCUT2D eigenvalue weighted by Crippen LogP contribution is -2.26. The van der Waals surface area contributed by atoms with Gasteiger partial charge in [0.1, 0.15) is 11.3 Å². The smallest absolute Gasteiger partial charge is 0.339 e. The molecule has 4 nitrogen and oxygen atoms in total. The number of carboxylic acid groups (broad SMARTS) is 1. The van der Waals surface area contributed by atoms with E-state index in [1.165, 1.54) is 31.6 Å². The van der Waals surface area contributed by atoms with Gasteiger partial charge in [-0.1, -0.05) is 13.8 Å². The maximum Gasteiger partial charge on any atom is 0.339 e. The van der Waals surface area contributed by atoms with Crippen molar-refractivity contribution in [1.29, 1.82) is 0 Å². The molecule has 0 bridgehead atoms. The minimum absolute atomic E-state index is 0.292. The molecule has 0 amide bonds. The number of hydrogen-bond acceptors (Lipinski definition) is 3. The van der Waals surface area contributed by atoms with E-state index >= 15 is 0 Å². The minimum atomic E-state index is -0.907. The van der Waals surface area contributed by atoms with E-state index in [0.717, 1.165) is 13.1 Å². The van der Waals surface area contributed by atoms with Gasteiger partial charge in [-0.2, -0.15) is 0 Å². The van der Waals surface area contributed by atoms with Crippen LogP contribution in [0.15, 0.2) is 16.7 Å². The standard InChI is InChI=1S/C14H21NO3/c1-3-14(4-2)6-7-15(10-14)9-12-11(13(16)17)5-8-18-12/h5,8H,3-4,6-7,9-10H2,1-2H3,(H,16,17). The molecule has 1 fully saturated rings. The highest BCUT2D eigenvalue weighted by Gasteiger charge is 2.35. The van der Waals surface area contributed by atoms with Gasteiger partial charge in [0.2, 0.25) is 0 Å². The van der Waals surface area contributed by atoms with Gasteiger partial charge in [0, 0.05) is 6.54 Å². The van der Waals surface area contributed by atoms with Gasteiger partial charge in [-0.25, -0.2) is 4.79 Å². The maximum absolute atomic E-state index is 11.0. The number of hydrogen-bond donors (Lipinski definition) is 1. The van der Waals surface area contributed by atoms with E-state index < -0.39 is 5.97 Å². The van der Waals surface area contributed by atoms with Crippen molar-refractivity contribution in [1.82, 2.24) is 4.90 Å². The quantitative estimate of drug-likeness (QED) is 0.874. The highest BCUT2D eigenvalue weighted by atomic mass is 16.4. The van der Waals surface area contributed by atoms with Crippen LogP contribution in [0.5, 0.6) is 0 Å². The maximum atomic E-state index is 11.0. The first-order valence-corrected chi connectivity index (χ1v) is 6.62. The van der Waals surface area contributed by atoms with E-state index in [1.807, 2.05) is 0 Å². The van der Waals surface area contributed by atoms with Crippen molar-refractivity contribution in [3.63, 3.8) is 0 Å². The Hall–Kier alpha value is -1.29. The first-order valence-electron chi connectivity index (χ1n) is 6.62. The molecule has 0 unspecified atom stereocenters. The molecule has 0 aliphatic carbocycles. The van der Waals surface area contributed by atoms with Crippen LogP contribution in [0, 0.1) is 5.41 Å². The summed E-state index contributed by atoms with van der Waals surface area (Å²) in [6.07, 6.45) is 5.03. The summed E-state index contributed by atoms with van der Waals surface area (Å²) in [5.74, 6) is -0.333. The molecular formula is C14H21NO3. The third kappa shape index (κ3) is 2.43. The van der Waals surface area contributed by atoms with Gasteiger partial charge in [-0.3, -0.25) is 4.90 Å². The van der Waals surface area contributed by atoms with E-state index in [4.69, 9.17) is 9.52 Å². The first kappa shape index (κ1) is 13.1. The van der Waals surface area contributed by atoms with Crippen LogP contribution in [0.2, 0.25) is 0 Å². The molecule has 2 heterocycles. The van der Waals surface area contributed by atoms with Gasteiger partial charge < -0.3 is 9.52 Å². The van der Waals surface area contributed by atoms with Crippen molar-refractivity contribution in [2.24, 2.45) is 5.41 Å². The average molecular weight is 251 g/mol. The molecule has 0 atom stereocenters. The van der Waals surface area contributed by atoms with E-state index in [-0.39, 0.29) is 0 Å². The number of furan rings is 1. The Morgan fingerprint density at radius 1 is 1.50 bits per heavy atom. The molecule has 1 saturated heterocycles. The predicted octanol–water partition coefficient (Wildman–Crippen LogP) is 2.99. The Labute approximate surface area is 108 Å².